The van der Waals surface area contributed by atoms with E-state index < -0.39 is 29.2 Å². The molecule has 0 bridgehead atoms. The van der Waals surface area contributed by atoms with E-state index in [1.807, 2.05) is 6.92 Å². The summed E-state index contributed by atoms with van der Waals surface area (Å²) in [6.45, 7) is 4.63. The number of benzene rings is 1. The van der Waals surface area contributed by atoms with Crippen LogP contribution in [0.5, 0.6) is 0 Å². The van der Waals surface area contributed by atoms with Gasteiger partial charge in [-0.3, -0.25) is 4.21 Å². The number of aliphatic hydroxyl groups is 2. The number of hydrogen-bond donors (Lipinski definition) is 2. The highest BCUT2D eigenvalue weighted by Crippen LogP contribution is 2.22. The first-order valence-corrected chi connectivity index (χ1v) is 7.78. The molecule has 0 saturated carbocycles. The van der Waals surface area contributed by atoms with Crippen LogP contribution in [0.3, 0.4) is 0 Å². The monoisotopic (exact) mass is 300 g/mol. The van der Waals surface area contributed by atoms with Crippen LogP contribution in [-0.4, -0.2) is 38.6 Å². The Kier molecular flexibility index (Phi) is 6.52. The van der Waals surface area contributed by atoms with Gasteiger partial charge < -0.3 is 10.2 Å². The van der Waals surface area contributed by atoms with E-state index in [0.29, 0.717) is 11.3 Å². The first kappa shape index (κ1) is 17.0. The third-order valence-corrected chi connectivity index (χ3v) is 4.71. The highest BCUT2D eigenvalue weighted by molar-refractivity contribution is 7.85. The molecule has 0 aliphatic carbocycles. The molecule has 0 radical (unpaired) electrons. The Balaban J connectivity index is 2.78. The summed E-state index contributed by atoms with van der Waals surface area (Å²) in [5.41, 5.74) is -0.962. The number of hydrogen-bond acceptors (Lipinski definition) is 3. The number of allylic oxidation sites excluding steroid dienone is 1. The molecule has 1 unspecified atom stereocenters. The van der Waals surface area contributed by atoms with Crippen LogP contribution in [0.15, 0.2) is 41.8 Å². The molecule has 0 heterocycles. The van der Waals surface area contributed by atoms with Crippen molar-refractivity contribution in [3.8, 4) is 0 Å². The fraction of sp³-hybridized carbons (Fsp3) is 0.467. The standard InChI is InChI=1S/C15H21FO3S/c1-3-4-5-14(16)15(18,10-17)11-20(19)13-8-6-12(2)7-9-13/h3,6-9,14,17-18H,1,4-5,10-11H2,2H3/t14-,15+,20?/m1/s1. The van der Waals surface area contributed by atoms with Crippen molar-refractivity contribution >= 4 is 10.8 Å². The Bertz CT molecular complexity index is 461. The zero-order valence-corrected chi connectivity index (χ0v) is 12.4. The molecule has 1 aromatic carbocycles. The molecule has 0 spiro atoms. The Morgan fingerprint density at radius 2 is 2.05 bits per heavy atom. The minimum Gasteiger partial charge on any atom is -0.393 e. The molecule has 1 rings (SSSR count). The fourth-order valence-electron chi connectivity index (χ4n) is 1.77. The first-order chi connectivity index (χ1) is 9.42. The van der Waals surface area contributed by atoms with Crippen molar-refractivity contribution in [3.63, 3.8) is 0 Å². The Labute approximate surface area is 121 Å². The van der Waals surface area contributed by atoms with Crippen LogP contribution in [-0.2, 0) is 10.8 Å². The van der Waals surface area contributed by atoms with Crippen LogP contribution in [0, 0.1) is 6.92 Å². The van der Waals surface area contributed by atoms with E-state index in [0.717, 1.165) is 5.56 Å². The summed E-state index contributed by atoms with van der Waals surface area (Å²) in [5, 5.41) is 19.4. The van der Waals surface area contributed by atoms with Gasteiger partial charge in [-0.05, 0) is 31.9 Å². The van der Waals surface area contributed by atoms with Crippen molar-refractivity contribution in [2.24, 2.45) is 0 Å². The lowest BCUT2D eigenvalue weighted by Gasteiger charge is -2.29. The van der Waals surface area contributed by atoms with Crippen molar-refractivity contribution in [1.82, 2.24) is 0 Å². The van der Waals surface area contributed by atoms with E-state index in [9.17, 15) is 18.8 Å². The van der Waals surface area contributed by atoms with Gasteiger partial charge in [0.05, 0.1) is 23.2 Å². The summed E-state index contributed by atoms with van der Waals surface area (Å²) in [6.07, 6.45) is 0.341. The van der Waals surface area contributed by atoms with E-state index in [2.05, 4.69) is 6.58 Å². The Hall–Kier alpha value is -1.04. The van der Waals surface area contributed by atoms with Crippen LogP contribution in [0.4, 0.5) is 4.39 Å². The quantitative estimate of drug-likeness (QED) is 0.723. The van der Waals surface area contributed by atoms with Crippen LogP contribution >= 0.6 is 0 Å². The average molecular weight is 300 g/mol. The predicted molar refractivity (Wildman–Crippen MR) is 78.8 cm³/mol. The Morgan fingerprint density at radius 3 is 2.55 bits per heavy atom. The zero-order valence-electron chi connectivity index (χ0n) is 11.6. The molecule has 3 nitrogen and oxygen atoms in total. The predicted octanol–water partition coefficient (Wildman–Crippen LogP) is 2.13. The average Bonchev–Trinajstić information content (AvgIpc) is 2.45. The van der Waals surface area contributed by atoms with E-state index >= 15 is 0 Å². The molecule has 1 aromatic rings. The Morgan fingerprint density at radius 1 is 1.45 bits per heavy atom. The summed E-state index contributed by atoms with van der Waals surface area (Å²) in [4.78, 5) is 0.512. The largest absolute Gasteiger partial charge is 0.393 e. The minimum atomic E-state index is -1.99. The summed E-state index contributed by atoms with van der Waals surface area (Å²) in [6, 6.07) is 6.96. The van der Waals surface area contributed by atoms with Gasteiger partial charge in [0.15, 0.2) is 0 Å². The maximum atomic E-state index is 14.0. The van der Waals surface area contributed by atoms with Crippen LogP contribution in [0.1, 0.15) is 18.4 Å². The van der Waals surface area contributed by atoms with E-state index in [1.165, 1.54) is 0 Å². The van der Waals surface area contributed by atoms with Gasteiger partial charge in [-0.2, -0.15) is 0 Å². The van der Waals surface area contributed by atoms with E-state index in [-0.39, 0.29) is 12.2 Å². The maximum absolute atomic E-state index is 14.0. The number of aryl methyl sites for hydroxylation is 1. The molecule has 112 valence electrons. The molecule has 0 aliphatic rings. The smallest absolute Gasteiger partial charge is 0.132 e. The minimum absolute atomic E-state index is 0.0473. The molecule has 20 heavy (non-hydrogen) atoms. The van der Waals surface area contributed by atoms with E-state index in [4.69, 9.17) is 0 Å². The van der Waals surface area contributed by atoms with Crippen LogP contribution < -0.4 is 0 Å². The first-order valence-electron chi connectivity index (χ1n) is 6.46. The number of alkyl halides is 1. The third kappa shape index (κ3) is 4.51. The molecular weight excluding hydrogens is 279 g/mol. The van der Waals surface area contributed by atoms with Crippen molar-refractivity contribution in [2.45, 2.75) is 36.4 Å². The zero-order chi connectivity index (χ0) is 15.2. The summed E-state index contributed by atoms with van der Waals surface area (Å²) in [7, 11) is -1.56. The van der Waals surface area contributed by atoms with Crippen molar-refractivity contribution in [2.75, 3.05) is 12.4 Å². The molecule has 0 aliphatic heterocycles. The van der Waals surface area contributed by atoms with Crippen LogP contribution in [0.2, 0.25) is 0 Å². The van der Waals surface area contributed by atoms with Gasteiger partial charge in [0.1, 0.15) is 11.8 Å². The lowest BCUT2D eigenvalue weighted by atomic mass is 9.97. The second-order valence-electron chi connectivity index (χ2n) is 4.90. The van der Waals surface area contributed by atoms with Gasteiger partial charge in [-0.25, -0.2) is 4.39 Å². The lowest BCUT2D eigenvalue weighted by molar-refractivity contribution is -0.0579. The molecule has 0 amide bonds. The highest BCUT2D eigenvalue weighted by Gasteiger charge is 2.38. The molecule has 5 heteroatoms. The fourth-order valence-corrected chi connectivity index (χ4v) is 3.10. The second kappa shape index (κ2) is 7.67. The SMILES string of the molecule is C=CCC[C@@H](F)[C@](O)(CO)CS(=O)c1ccc(C)cc1. The maximum Gasteiger partial charge on any atom is 0.132 e. The lowest BCUT2D eigenvalue weighted by Crippen LogP contribution is -2.48. The van der Waals surface area contributed by atoms with Gasteiger partial charge in [0, 0.05) is 4.90 Å². The number of aliphatic hydroxyl groups excluding tert-OH is 1. The normalized spacial score (nSPS) is 17.2. The van der Waals surface area contributed by atoms with Crippen molar-refractivity contribution < 1.29 is 18.8 Å². The number of rotatable bonds is 8. The van der Waals surface area contributed by atoms with E-state index in [1.54, 1.807) is 30.3 Å². The topological polar surface area (TPSA) is 57.5 Å². The summed E-state index contributed by atoms with van der Waals surface area (Å²) in [5.74, 6) is -0.329. The highest BCUT2D eigenvalue weighted by atomic mass is 32.2. The summed E-state index contributed by atoms with van der Waals surface area (Å²) >= 11 is 0. The molecule has 2 N–H and O–H groups in total. The summed E-state index contributed by atoms with van der Waals surface area (Å²) < 4.78 is 26.1. The van der Waals surface area contributed by atoms with Gasteiger partial charge in [0.25, 0.3) is 0 Å². The molecule has 0 fully saturated rings. The van der Waals surface area contributed by atoms with Crippen molar-refractivity contribution in [3.05, 3.63) is 42.5 Å². The van der Waals surface area contributed by atoms with Crippen LogP contribution in [0.25, 0.3) is 0 Å². The van der Waals surface area contributed by atoms with Gasteiger partial charge in [-0.1, -0.05) is 23.8 Å². The van der Waals surface area contributed by atoms with Gasteiger partial charge >= 0.3 is 0 Å². The van der Waals surface area contributed by atoms with Gasteiger partial charge in [-0.15, -0.1) is 6.58 Å². The third-order valence-electron chi connectivity index (χ3n) is 3.15. The molecular formula is C15H21FO3S. The molecule has 0 saturated heterocycles. The molecule has 0 aromatic heterocycles. The number of halogens is 1. The van der Waals surface area contributed by atoms with Crippen molar-refractivity contribution in [1.29, 1.82) is 0 Å². The second-order valence-corrected chi connectivity index (χ2v) is 6.35. The molecule has 3 atom stereocenters. The van der Waals surface area contributed by atoms with Gasteiger partial charge in [0.2, 0.25) is 0 Å².